The van der Waals surface area contributed by atoms with Crippen molar-refractivity contribution in [2.75, 3.05) is 5.32 Å². The van der Waals surface area contributed by atoms with Gasteiger partial charge in [-0.25, -0.2) is 9.79 Å². The van der Waals surface area contributed by atoms with Crippen LogP contribution in [-0.4, -0.2) is 21.3 Å². The van der Waals surface area contributed by atoms with Crippen LogP contribution in [0, 0.1) is 26.7 Å². The maximum atomic E-state index is 12.4. The molecule has 0 fully saturated rings. The fourth-order valence-corrected chi connectivity index (χ4v) is 3.36. The number of hydrogen-bond acceptors (Lipinski definition) is 4. The molecule has 0 saturated heterocycles. The lowest BCUT2D eigenvalue weighted by Crippen LogP contribution is -2.38. The molecule has 0 aliphatic rings. The number of aliphatic imine (C=N–C) groups is 1. The quantitative estimate of drug-likeness (QED) is 0.777. The molecule has 1 aromatic carbocycles. The summed E-state index contributed by atoms with van der Waals surface area (Å²) in [5.41, 5.74) is 2.06. The summed E-state index contributed by atoms with van der Waals surface area (Å²) >= 11 is 6.23. The molecule has 2 aromatic rings. The second-order valence-electron chi connectivity index (χ2n) is 7.10. The van der Waals surface area contributed by atoms with Crippen molar-refractivity contribution in [3.63, 3.8) is 0 Å². The molecule has 7 nitrogen and oxygen atoms in total. The lowest BCUT2D eigenvalue weighted by molar-refractivity contribution is -0.116. The lowest BCUT2D eigenvalue weighted by Gasteiger charge is -2.13. The van der Waals surface area contributed by atoms with Gasteiger partial charge in [-0.2, -0.15) is 0 Å². The number of nitrogens with one attached hydrogen (secondary N) is 1. The molecule has 0 aliphatic carbocycles. The van der Waals surface area contributed by atoms with E-state index in [1.165, 1.54) is 11.6 Å². The highest BCUT2D eigenvalue weighted by molar-refractivity contribution is 6.34. The Balaban J connectivity index is 2.15. The van der Waals surface area contributed by atoms with E-state index in [4.69, 9.17) is 11.6 Å². The van der Waals surface area contributed by atoms with E-state index in [1.54, 1.807) is 26.3 Å². The van der Waals surface area contributed by atoms with Crippen LogP contribution in [-0.2, 0) is 18.9 Å². The summed E-state index contributed by atoms with van der Waals surface area (Å²) in [5.74, 6) is -0.108. The standard InChI is InChI=1S/C20H25ClN4O3/c1-11-7-13(3)17(15(21)8-11)23-16(26)9-12(2)10-22-18-14(4)19(27)25(6)20(28)24(18)5/h7-8,10,12H,9H2,1-6H3,(H,23,26). The normalized spacial score (nSPS) is 12.4. The first-order valence-electron chi connectivity index (χ1n) is 8.90. The Labute approximate surface area is 168 Å². The molecule has 0 saturated carbocycles. The van der Waals surface area contributed by atoms with Gasteiger partial charge in [0.15, 0.2) is 0 Å². The molecule has 1 atom stereocenters. The predicted molar refractivity (Wildman–Crippen MR) is 113 cm³/mol. The lowest BCUT2D eigenvalue weighted by atomic mass is 10.1. The number of carbonyl (C=O) groups is 1. The van der Waals surface area contributed by atoms with Gasteiger partial charge in [0.05, 0.1) is 16.3 Å². The summed E-state index contributed by atoms with van der Waals surface area (Å²) in [7, 11) is 2.98. The van der Waals surface area contributed by atoms with Crippen molar-refractivity contribution in [1.29, 1.82) is 0 Å². The molecule has 1 unspecified atom stereocenters. The number of aryl methyl sites for hydroxylation is 2. The molecule has 1 N–H and O–H groups in total. The molecule has 0 aliphatic heterocycles. The maximum Gasteiger partial charge on any atom is 0.332 e. The van der Waals surface area contributed by atoms with Gasteiger partial charge in [-0.1, -0.05) is 24.6 Å². The number of rotatable bonds is 5. The monoisotopic (exact) mass is 404 g/mol. The van der Waals surface area contributed by atoms with Crippen LogP contribution in [0.1, 0.15) is 30.0 Å². The summed E-state index contributed by atoms with van der Waals surface area (Å²) in [4.78, 5) is 40.8. The summed E-state index contributed by atoms with van der Waals surface area (Å²) in [6.07, 6.45) is 1.76. The Morgan fingerprint density at radius 1 is 1.21 bits per heavy atom. The van der Waals surface area contributed by atoms with Gasteiger partial charge in [-0.05, 0) is 38.0 Å². The van der Waals surface area contributed by atoms with Crippen molar-refractivity contribution in [3.05, 3.63) is 54.7 Å². The number of carbonyl (C=O) groups excluding carboxylic acids is 1. The van der Waals surface area contributed by atoms with Crippen LogP contribution in [0.25, 0.3) is 0 Å². The molecule has 8 heteroatoms. The maximum absolute atomic E-state index is 12.4. The number of anilines is 1. The van der Waals surface area contributed by atoms with Crippen LogP contribution in [0.3, 0.4) is 0 Å². The number of amides is 1. The molecular formula is C20H25ClN4O3. The smallest absolute Gasteiger partial charge is 0.325 e. The molecule has 28 heavy (non-hydrogen) atoms. The minimum atomic E-state index is -0.447. The first-order valence-corrected chi connectivity index (χ1v) is 9.28. The Hall–Kier alpha value is -2.67. The molecule has 0 radical (unpaired) electrons. The fourth-order valence-electron chi connectivity index (χ4n) is 2.99. The molecule has 150 valence electrons. The number of aromatic nitrogens is 2. The second kappa shape index (κ2) is 8.56. The van der Waals surface area contributed by atoms with E-state index in [9.17, 15) is 14.4 Å². The van der Waals surface area contributed by atoms with Crippen LogP contribution in [0.15, 0.2) is 26.7 Å². The Morgan fingerprint density at radius 2 is 1.86 bits per heavy atom. The highest BCUT2D eigenvalue weighted by Crippen LogP contribution is 2.27. The summed E-state index contributed by atoms with van der Waals surface area (Å²) in [6.45, 7) is 7.28. The van der Waals surface area contributed by atoms with Crippen LogP contribution >= 0.6 is 11.6 Å². The van der Waals surface area contributed by atoms with Crippen LogP contribution in [0.4, 0.5) is 11.5 Å². The molecule has 0 bridgehead atoms. The summed E-state index contributed by atoms with van der Waals surface area (Å²) in [5, 5.41) is 3.34. The van der Waals surface area contributed by atoms with Gasteiger partial charge in [0, 0.05) is 32.6 Å². The fraction of sp³-hybridized carbons (Fsp3) is 0.400. The van der Waals surface area contributed by atoms with Crippen molar-refractivity contribution in [2.24, 2.45) is 25.0 Å². The topological polar surface area (TPSA) is 85.5 Å². The zero-order valence-electron chi connectivity index (χ0n) is 17.0. The molecule has 2 rings (SSSR count). The van der Waals surface area contributed by atoms with Gasteiger partial charge in [-0.3, -0.25) is 18.7 Å². The average molecular weight is 405 g/mol. The molecule has 1 aromatic heterocycles. The second-order valence-corrected chi connectivity index (χ2v) is 7.51. The van der Waals surface area contributed by atoms with Crippen molar-refractivity contribution in [1.82, 2.24) is 9.13 Å². The third-order valence-corrected chi connectivity index (χ3v) is 4.81. The zero-order valence-corrected chi connectivity index (χ0v) is 17.7. The van der Waals surface area contributed by atoms with E-state index in [1.807, 2.05) is 26.8 Å². The van der Waals surface area contributed by atoms with Crippen molar-refractivity contribution >= 4 is 35.2 Å². The van der Waals surface area contributed by atoms with E-state index in [2.05, 4.69) is 10.3 Å². The number of benzene rings is 1. The first kappa shape index (κ1) is 21.6. The summed E-state index contributed by atoms with van der Waals surface area (Å²) in [6, 6.07) is 3.75. The van der Waals surface area contributed by atoms with Gasteiger partial charge in [0.1, 0.15) is 5.82 Å². The van der Waals surface area contributed by atoms with E-state index in [0.717, 1.165) is 15.7 Å². The number of nitrogens with zero attached hydrogens (tertiary/aromatic N) is 3. The minimum absolute atomic E-state index is 0.185. The molecular weight excluding hydrogens is 380 g/mol. The Bertz CT molecular complexity index is 1010. The molecule has 1 heterocycles. The predicted octanol–water partition coefficient (Wildman–Crippen LogP) is 3.03. The Kier molecular flexibility index (Phi) is 6.61. The van der Waals surface area contributed by atoms with E-state index in [-0.39, 0.29) is 29.6 Å². The van der Waals surface area contributed by atoms with E-state index < -0.39 is 5.69 Å². The number of halogens is 1. The zero-order chi connectivity index (χ0) is 21.2. The van der Waals surface area contributed by atoms with Gasteiger partial charge in [-0.15, -0.1) is 0 Å². The first-order chi connectivity index (χ1) is 13.0. The van der Waals surface area contributed by atoms with Gasteiger partial charge < -0.3 is 5.32 Å². The van der Waals surface area contributed by atoms with Crippen LogP contribution in [0.5, 0.6) is 0 Å². The average Bonchev–Trinajstić information content (AvgIpc) is 2.61. The number of hydrogen-bond donors (Lipinski definition) is 1. The highest BCUT2D eigenvalue weighted by atomic mass is 35.5. The minimum Gasteiger partial charge on any atom is -0.325 e. The highest BCUT2D eigenvalue weighted by Gasteiger charge is 2.14. The van der Waals surface area contributed by atoms with Crippen molar-refractivity contribution < 1.29 is 4.79 Å². The van der Waals surface area contributed by atoms with E-state index >= 15 is 0 Å². The van der Waals surface area contributed by atoms with Crippen LogP contribution < -0.4 is 16.6 Å². The SMILES string of the molecule is Cc1cc(C)c(NC(=O)CC(C)C=Nc2c(C)c(=O)n(C)c(=O)n2C)c(Cl)c1. The Morgan fingerprint density at radius 3 is 2.46 bits per heavy atom. The van der Waals surface area contributed by atoms with E-state index in [0.29, 0.717) is 16.3 Å². The van der Waals surface area contributed by atoms with Gasteiger partial charge in [0.25, 0.3) is 5.56 Å². The van der Waals surface area contributed by atoms with Gasteiger partial charge >= 0.3 is 5.69 Å². The summed E-state index contributed by atoms with van der Waals surface area (Å²) < 4.78 is 2.36. The van der Waals surface area contributed by atoms with Crippen molar-refractivity contribution in [3.8, 4) is 0 Å². The molecule has 0 spiro atoms. The third-order valence-electron chi connectivity index (χ3n) is 4.51. The third kappa shape index (κ3) is 4.59. The van der Waals surface area contributed by atoms with Crippen molar-refractivity contribution in [2.45, 2.75) is 34.1 Å². The van der Waals surface area contributed by atoms with Crippen LogP contribution in [0.2, 0.25) is 5.02 Å². The molecule has 1 amide bonds. The van der Waals surface area contributed by atoms with Gasteiger partial charge in [0.2, 0.25) is 5.91 Å². The largest absolute Gasteiger partial charge is 0.332 e.